The van der Waals surface area contributed by atoms with Gasteiger partial charge < -0.3 is 15.4 Å². The molecule has 1 saturated heterocycles. The smallest absolute Gasteiger partial charge is 0.129 e. The van der Waals surface area contributed by atoms with Crippen molar-refractivity contribution in [2.24, 2.45) is 5.41 Å². The number of piperidine rings is 1. The molecule has 2 N–H and O–H groups in total. The van der Waals surface area contributed by atoms with Crippen LogP contribution in [0.25, 0.3) is 0 Å². The highest BCUT2D eigenvalue weighted by molar-refractivity contribution is 5.52. The summed E-state index contributed by atoms with van der Waals surface area (Å²) in [5.41, 5.74) is 8.07. The van der Waals surface area contributed by atoms with Crippen LogP contribution >= 0.6 is 0 Å². The van der Waals surface area contributed by atoms with E-state index in [9.17, 15) is 0 Å². The number of anilines is 2. The third-order valence-corrected chi connectivity index (χ3v) is 4.20. The third kappa shape index (κ3) is 3.53. The highest BCUT2D eigenvalue weighted by Gasteiger charge is 2.26. The molecular weight excluding hydrogens is 272 g/mol. The molecule has 3 nitrogen and oxygen atoms in total. The highest BCUT2D eigenvalue weighted by Crippen LogP contribution is 2.33. The van der Waals surface area contributed by atoms with E-state index in [0.29, 0.717) is 5.41 Å². The normalized spacial score (nSPS) is 17.3. The first kappa shape index (κ1) is 14.8. The molecule has 22 heavy (non-hydrogen) atoms. The zero-order valence-electron chi connectivity index (χ0n) is 13.4. The monoisotopic (exact) mass is 296 g/mol. The van der Waals surface area contributed by atoms with Gasteiger partial charge in [0.25, 0.3) is 0 Å². The Labute approximate surface area is 132 Å². The molecular formula is C19H24N2O. The number of hydrogen-bond donors (Lipinski definition) is 1. The van der Waals surface area contributed by atoms with Crippen LogP contribution in [0.2, 0.25) is 0 Å². The number of nitrogen functional groups attached to an aromatic ring is 1. The molecule has 0 unspecified atom stereocenters. The maximum Gasteiger partial charge on any atom is 0.129 e. The molecule has 1 fully saturated rings. The topological polar surface area (TPSA) is 38.5 Å². The van der Waals surface area contributed by atoms with Crippen LogP contribution in [0.1, 0.15) is 26.7 Å². The molecule has 3 rings (SSSR count). The molecule has 0 aromatic heterocycles. The molecule has 116 valence electrons. The molecule has 0 radical (unpaired) electrons. The van der Waals surface area contributed by atoms with Crippen molar-refractivity contribution in [3.05, 3.63) is 48.5 Å². The Morgan fingerprint density at radius 3 is 2.55 bits per heavy atom. The molecule has 0 saturated carbocycles. The van der Waals surface area contributed by atoms with Crippen LogP contribution in [0.3, 0.4) is 0 Å². The molecule has 0 aliphatic carbocycles. The van der Waals surface area contributed by atoms with Crippen molar-refractivity contribution in [2.75, 3.05) is 23.7 Å². The van der Waals surface area contributed by atoms with Crippen LogP contribution in [0.4, 0.5) is 11.4 Å². The van der Waals surface area contributed by atoms with Gasteiger partial charge in [-0.1, -0.05) is 19.9 Å². The first-order valence-electron chi connectivity index (χ1n) is 7.90. The van der Waals surface area contributed by atoms with Gasteiger partial charge in [-0.3, -0.25) is 0 Å². The fourth-order valence-corrected chi connectivity index (χ4v) is 3.06. The van der Waals surface area contributed by atoms with E-state index in [-0.39, 0.29) is 0 Å². The second-order valence-corrected chi connectivity index (χ2v) is 6.86. The van der Waals surface area contributed by atoms with Crippen molar-refractivity contribution in [3.8, 4) is 11.5 Å². The average Bonchev–Trinajstić information content (AvgIpc) is 2.49. The Kier molecular flexibility index (Phi) is 3.97. The van der Waals surface area contributed by atoms with Gasteiger partial charge in [-0.25, -0.2) is 0 Å². The minimum atomic E-state index is 0.381. The molecule has 3 heteroatoms. The Hall–Kier alpha value is -2.16. The summed E-state index contributed by atoms with van der Waals surface area (Å²) in [6, 6.07) is 15.8. The van der Waals surface area contributed by atoms with E-state index in [2.05, 4.69) is 36.9 Å². The number of ether oxygens (including phenoxy) is 1. The second kappa shape index (κ2) is 5.91. The zero-order valence-corrected chi connectivity index (χ0v) is 13.4. The summed E-state index contributed by atoms with van der Waals surface area (Å²) in [4.78, 5) is 2.46. The molecule has 2 aromatic carbocycles. The Morgan fingerprint density at radius 1 is 1.05 bits per heavy atom. The molecule has 0 bridgehead atoms. The minimum Gasteiger partial charge on any atom is -0.457 e. The van der Waals surface area contributed by atoms with Gasteiger partial charge in [-0.05, 0) is 54.7 Å². The maximum absolute atomic E-state index is 5.93. The van der Waals surface area contributed by atoms with E-state index in [0.717, 1.165) is 30.3 Å². The van der Waals surface area contributed by atoms with Gasteiger partial charge in [0, 0.05) is 30.5 Å². The number of benzene rings is 2. The Morgan fingerprint density at radius 2 is 1.82 bits per heavy atom. The quantitative estimate of drug-likeness (QED) is 0.835. The Bertz CT molecular complexity index is 634. The molecule has 2 aromatic rings. The van der Waals surface area contributed by atoms with E-state index in [1.807, 2.05) is 30.3 Å². The van der Waals surface area contributed by atoms with Crippen LogP contribution in [0.15, 0.2) is 48.5 Å². The van der Waals surface area contributed by atoms with E-state index in [1.54, 1.807) is 0 Å². The van der Waals surface area contributed by atoms with E-state index in [1.165, 1.54) is 18.5 Å². The summed E-state index contributed by atoms with van der Waals surface area (Å²) in [7, 11) is 0. The molecule has 0 atom stereocenters. The summed E-state index contributed by atoms with van der Waals surface area (Å²) in [5.74, 6) is 1.68. The first-order chi connectivity index (χ1) is 10.5. The molecule has 0 spiro atoms. The predicted molar refractivity (Wildman–Crippen MR) is 92.6 cm³/mol. The van der Waals surface area contributed by atoms with Crippen LogP contribution in [-0.4, -0.2) is 13.1 Å². The van der Waals surface area contributed by atoms with E-state index < -0.39 is 0 Å². The van der Waals surface area contributed by atoms with Gasteiger partial charge in [0.2, 0.25) is 0 Å². The minimum absolute atomic E-state index is 0.381. The van der Waals surface area contributed by atoms with Gasteiger partial charge in [-0.15, -0.1) is 0 Å². The Balaban J connectivity index is 1.76. The van der Waals surface area contributed by atoms with E-state index in [4.69, 9.17) is 10.5 Å². The highest BCUT2D eigenvalue weighted by atomic mass is 16.5. The summed E-state index contributed by atoms with van der Waals surface area (Å²) in [6.07, 6.45) is 2.54. The van der Waals surface area contributed by atoms with Gasteiger partial charge in [0.1, 0.15) is 11.5 Å². The largest absolute Gasteiger partial charge is 0.457 e. The lowest BCUT2D eigenvalue weighted by Crippen LogP contribution is -2.40. The first-order valence-corrected chi connectivity index (χ1v) is 7.90. The molecule has 1 aliphatic rings. The predicted octanol–water partition coefficient (Wildman–Crippen LogP) is 4.69. The lowest BCUT2D eigenvalue weighted by molar-refractivity contribution is 0.293. The van der Waals surface area contributed by atoms with Gasteiger partial charge in [0.15, 0.2) is 0 Å². The van der Waals surface area contributed by atoms with Crippen molar-refractivity contribution < 1.29 is 4.74 Å². The number of nitrogens with zero attached hydrogens (tertiary/aromatic N) is 1. The maximum atomic E-state index is 5.93. The number of hydrogen-bond acceptors (Lipinski definition) is 3. The van der Waals surface area contributed by atoms with Gasteiger partial charge in [0.05, 0.1) is 0 Å². The summed E-state index contributed by atoms with van der Waals surface area (Å²) >= 11 is 0. The van der Waals surface area contributed by atoms with Crippen molar-refractivity contribution in [1.29, 1.82) is 0 Å². The number of nitrogens with two attached hydrogens (primary N) is 1. The molecule has 1 aliphatic heterocycles. The van der Waals surface area contributed by atoms with Gasteiger partial charge in [-0.2, -0.15) is 0 Å². The summed E-state index contributed by atoms with van der Waals surface area (Å²) in [6.45, 7) is 6.90. The SMILES string of the molecule is CC1(C)CCCN(c2cccc(Oc3ccc(N)cc3)c2)C1. The fourth-order valence-electron chi connectivity index (χ4n) is 3.06. The average molecular weight is 296 g/mol. The van der Waals surface area contributed by atoms with Gasteiger partial charge >= 0.3 is 0 Å². The third-order valence-electron chi connectivity index (χ3n) is 4.20. The summed E-state index contributed by atoms with van der Waals surface area (Å²) in [5, 5.41) is 0. The van der Waals surface area contributed by atoms with Crippen LogP contribution in [-0.2, 0) is 0 Å². The standard InChI is InChI=1S/C19H24N2O/c1-19(2)11-4-12-21(14-19)16-5-3-6-18(13-16)22-17-9-7-15(20)8-10-17/h3,5-10,13H,4,11-12,14,20H2,1-2H3. The van der Waals surface area contributed by atoms with Crippen molar-refractivity contribution in [1.82, 2.24) is 0 Å². The van der Waals surface area contributed by atoms with E-state index >= 15 is 0 Å². The van der Waals surface area contributed by atoms with Crippen molar-refractivity contribution >= 4 is 11.4 Å². The second-order valence-electron chi connectivity index (χ2n) is 6.86. The zero-order chi connectivity index (χ0) is 15.6. The van der Waals surface area contributed by atoms with Crippen LogP contribution < -0.4 is 15.4 Å². The lowest BCUT2D eigenvalue weighted by Gasteiger charge is -2.39. The fraction of sp³-hybridized carbons (Fsp3) is 0.368. The van der Waals surface area contributed by atoms with Crippen molar-refractivity contribution in [2.45, 2.75) is 26.7 Å². The number of rotatable bonds is 3. The molecule has 1 heterocycles. The summed E-state index contributed by atoms with van der Waals surface area (Å²) < 4.78 is 5.93. The van der Waals surface area contributed by atoms with Crippen molar-refractivity contribution in [3.63, 3.8) is 0 Å². The lowest BCUT2D eigenvalue weighted by atomic mass is 9.84. The van der Waals surface area contributed by atoms with Crippen LogP contribution in [0, 0.1) is 5.41 Å². The van der Waals surface area contributed by atoms with Crippen LogP contribution in [0.5, 0.6) is 11.5 Å². The molecule has 0 amide bonds.